The maximum atomic E-state index is 13.4. The Morgan fingerprint density at radius 2 is 2.08 bits per heavy atom. The summed E-state index contributed by atoms with van der Waals surface area (Å²) in [5, 5.41) is 12.8. The van der Waals surface area contributed by atoms with Gasteiger partial charge in [0.2, 0.25) is 0 Å². The van der Waals surface area contributed by atoms with Crippen LogP contribution in [0, 0.1) is 5.82 Å². The summed E-state index contributed by atoms with van der Waals surface area (Å²) in [5.74, 6) is -1.58. The van der Waals surface area contributed by atoms with E-state index in [9.17, 15) is 9.18 Å². The van der Waals surface area contributed by atoms with Crippen molar-refractivity contribution in [1.82, 2.24) is 5.32 Å². The molecule has 126 valence electrons. The molecule has 0 spiro atoms. The van der Waals surface area contributed by atoms with Gasteiger partial charge in [0, 0.05) is 17.1 Å². The van der Waals surface area contributed by atoms with Gasteiger partial charge in [-0.05, 0) is 35.1 Å². The number of halogens is 2. The lowest BCUT2D eigenvalue weighted by molar-refractivity contribution is -0.139. The standard InChI is InChI=1S/C16H14BrFNO3PS/c17-10-2-1-9(14(23)5-10)7-19-16(24)12-4-3-11(18)6-13(12)22-8-15(20)21/h1-6H,7-8,23H2,(H,19,24)(H,20,21). The van der Waals surface area contributed by atoms with Crippen molar-refractivity contribution in [3.05, 3.63) is 57.8 Å². The Balaban J connectivity index is 2.12. The van der Waals surface area contributed by atoms with Gasteiger partial charge in [-0.1, -0.05) is 34.2 Å². The molecule has 2 rings (SSSR count). The molecule has 0 saturated heterocycles. The van der Waals surface area contributed by atoms with Crippen molar-refractivity contribution >= 4 is 53.6 Å². The Morgan fingerprint density at radius 3 is 2.75 bits per heavy atom. The number of aliphatic carboxylic acids is 1. The number of hydrogen-bond donors (Lipinski definition) is 2. The predicted octanol–water partition coefficient (Wildman–Crippen LogP) is 3.02. The largest absolute Gasteiger partial charge is 0.481 e. The van der Waals surface area contributed by atoms with Crippen molar-refractivity contribution in [3.8, 4) is 5.75 Å². The second-order valence-corrected chi connectivity index (χ2v) is 6.79. The second-order valence-electron chi connectivity index (χ2n) is 4.85. The molecule has 4 nitrogen and oxygen atoms in total. The molecule has 0 fully saturated rings. The average Bonchev–Trinajstić information content (AvgIpc) is 2.52. The normalized spacial score (nSPS) is 10.3. The number of hydrogen-bond acceptors (Lipinski definition) is 3. The van der Waals surface area contributed by atoms with Crippen LogP contribution >= 0.6 is 37.4 Å². The lowest BCUT2D eigenvalue weighted by Gasteiger charge is -2.14. The van der Waals surface area contributed by atoms with Crippen molar-refractivity contribution in [2.45, 2.75) is 6.54 Å². The van der Waals surface area contributed by atoms with Crippen LogP contribution in [0.25, 0.3) is 0 Å². The summed E-state index contributed by atoms with van der Waals surface area (Å²) >= 11 is 8.72. The molecule has 1 unspecified atom stereocenters. The molecule has 2 N–H and O–H groups in total. The Morgan fingerprint density at radius 1 is 1.33 bits per heavy atom. The lowest BCUT2D eigenvalue weighted by Crippen LogP contribution is -2.25. The molecule has 8 heteroatoms. The van der Waals surface area contributed by atoms with Gasteiger partial charge in [-0.3, -0.25) is 0 Å². The maximum absolute atomic E-state index is 13.4. The highest BCUT2D eigenvalue weighted by atomic mass is 79.9. The van der Waals surface area contributed by atoms with E-state index in [1.54, 1.807) is 0 Å². The molecule has 0 heterocycles. The fraction of sp³-hybridized carbons (Fsp3) is 0.125. The van der Waals surface area contributed by atoms with Crippen LogP contribution in [-0.2, 0) is 11.3 Å². The number of thiocarbonyl (C=S) groups is 1. The topological polar surface area (TPSA) is 58.6 Å². The minimum Gasteiger partial charge on any atom is -0.481 e. The molecule has 2 aromatic rings. The highest BCUT2D eigenvalue weighted by Gasteiger charge is 2.12. The van der Waals surface area contributed by atoms with Gasteiger partial charge in [-0.25, -0.2) is 9.18 Å². The number of rotatable bonds is 6. The van der Waals surface area contributed by atoms with Crippen molar-refractivity contribution in [3.63, 3.8) is 0 Å². The van der Waals surface area contributed by atoms with Gasteiger partial charge in [0.15, 0.2) is 6.61 Å². The van der Waals surface area contributed by atoms with Crippen LogP contribution in [0.3, 0.4) is 0 Å². The quantitative estimate of drug-likeness (QED) is 0.545. The summed E-state index contributed by atoms with van der Waals surface area (Å²) in [6.07, 6.45) is 0. The fourth-order valence-electron chi connectivity index (χ4n) is 1.94. The van der Waals surface area contributed by atoms with Gasteiger partial charge in [-0.2, -0.15) is 0 Å². The number of carboxylic acids is 1. The molecule has 0 radical (unpaired) electrons. The minimum absolute atomic E-state index is 0.0943. The van der Waals surface area contributed by atoms with Crippen molar-refractivity contribution < 1.29 is 19.0 Å². The van der Waals surface area contributed by atoms with Gasteiger partial charge in [0.1, 0.15) is 16.6 Å². The first-order chi connectivity index (χ1) is 11.4. The van der Waals surface area contributed by atoms with E-state index in [0.29, 0.717) is 17.1 Å². The van der Waals surface area contributed by atoms with Gasteiger partial charge in [-0.15, -0.1) is 9.24 Å². The van der Waals surface area contributed by atoms with Crippen LogP contribution in [0.1, 0.15) is 11.1 Å². The SMILES string of the molecule is O=C(O)COc1cc(F)ccc1C(=S)NCc1ccc(Br)cc1P. The highest BCUT2D eigenvalue weighted by molar-refractivity contribution is 9.10. The zero-order chi connectivity index (χ0) is 17.7. The molecule has 2 aromatic carbocycles. The predicted molar refractivity (Wildman–Crippen MR) is 102 cm³/mol. The van der Waals surface area contributed by atoms with Gasteiger partial charge >= 0.3 is 5.97 Å². The van der Waals surface area contributed by atoms with Crippen LogP contribution in [0.15, 0.2) is 40.9 Å². The Labute approximate surface area is 154 Å². The first kappa shape index (κ1) is 18.8. The second kappa shape index (κ2) is 8.51. The number of carboxylic acid groups (broad SMARTS) is 1. The van der Waals surface area contributed by atoms with Crippen LogP contribution in [0.5, 0.6) is 5.75 Å². The molecule has 1 atom stereocenters. The molecular weight excluding hydrogens is 416 g/mol. The fourth-order valence-corrected chi connectivity index (χ4v) is 3.18. The Kier molecular flexibility index (Phi) is 6.66. The Hall–Kier alpha value is -1.56. The first-order valence-electron chi connectivity index (χ1n) is 6.83. The number of carbonyl (C=O) groups is 1. The van der Waals surface area contributed by atoms with E-state index in [1.807, 2.05) is 18.2 Å². The average molecular weight is 430 g/mol. The van der Waals surface area contributed by atoms with E-state index in [0.717, 1.165) is 21.4 Å². The van der Waals surface area contributed by atoms with E-state index < -0.39 is 18.4 Å². The van der Waals surface area contributed by atoms with Crippen molar-refractivity contribution in [2.24, 2.45) is 0 Å². The highest BCUT2D eigenvalue weighted by Crippen LogP contribution is 2.21. The summed E-state index contributed by atoms with van der Waals surface area (Å²) in [7, 11) is 2.65. The third kappa shape index (κ3) is 5.23. The van der Waals surface area contributed by atoms with E-state index in [4.69, 9.17) is 22.1 Å². The summed E-state index contributed by atoms with van der Waals surface area (Å²) in [5.41, 5.74) is 1.47. The van der Waals surface area contributed by atoms with Crippen LogP contribution < -0.4 is 15.4 Å². The monoisotopic (exact) mass is 429 g/mol. The maximum Gasteiger partial charge on any atom is 0.341 e. The molecule has 0 aliphatic heterocycles. The summed E-state index contributed by atoms with van der Waals surface area (Å²) in [6, 6.07) is 9.67. The zero-order valence-electron chi connectivity index (χ0n) is 12.4. The molecule has 0 saturated carbocycles. The summed E-state index contributed by atoms with van der Waals surface area (Å²) in [6.45, 7) is -0.0950. The Bertz CT molecular complexity index is 788. The van der Waals surface area contributed by atoms with E-state index in [1.165, 1.54) is 12.1 Å². The smallest absolute Gasteiger partial charge is 0.341 e. The number of ether oxygens (including phenoxy) is 1. The first-order valence-corrected chi connectivity index (χ1v) is 8.61. The molecule has 0 bridgehead atoms. The van der Waals surface area contributed by atoms with E-state index in [2.05, 4.69) is 30.5 Å². The molecule has 0 amide bonds. The molecular formula is C16H14BrFNO3PS. The van der Waals surface area contributed by atoms with Crippen molar-refractivity contribution in [2.75, 3.05) is 6.61 Å². The zero-order valence-corrected chi connectivity index (χ0v) is 15.9. The van der Waals surface area contributed by atoms with Crippen LogP contribution in [0.4, 0.5) is 4.39 Å². The molecule has 24 heavy (non-hydrogen) atoms. The molecule has 0 aromatic heterocycles. The van der Waals surface area contributed by atoms with E-state index >= 15 is 0 Å². The number of benzene rings is 2. The summed E-state index contributed by atoms with van der Waals surface area (Å²) in [4.78, 5) is 11.0. The van der Waals surface area contributed by atoms with Gasteiger partial charge < -0.3 is 15.2 Å². The third-order valence-electron chi connectivity index (χ3n) is 3.09. The van der Waals surface area contributed by atoms with E-state index in [-0.39, 0.29) is 5.75 Å². The lowest BCUT2D eigenvalue weighted by atomic mass is 10.1. The third-order valence-corrected chi connectivity index (χ3v) is 4.48. The number of nitrogens with one attached hydrogen (secondary N) is 1. The van der Waals surface area contributed by atoms with Gasteiger partial charge in [0.05, 0.1) is 5.56 Å². The molecule has 0 aliphatic rings. The van der Waals surface area contributed by atoms with Crippen LogP contribution in [-0.4, -0.2) is 22.7 Å². The van der Waals surface area contributed by atoms with Gasteiger partial charge in [0.25, 0.3) is 0 Å². The minimum atomic E-state index is -1.15. The van der Waals surface area contributed by atoms with Crippen LogP contribution in [0.2, 0.25) is 0 Å². The molecule has 0 aliphatic carbocycles. The summed E-state index contributed by atoms with van der Waals surface area (Å²) < 4.78 is 19.5. The van der Waals surface area contributed by atoms with Crippen molar-refractivity contribution in [1.29, 1.82) is 0 Å².